The second-order valence-electron chi connectivity index (χ2n) is 6.13. The van der Waals surface area contributed by atoms with Crippen molar-refractivity contribution in [1.29, 1.82) is 5.26 Å². The predicted octanol–water partition coefficient (Wildman–Crippen LogP) is 3.20. The number of hydrazone groups is 1. The van der Waals surface area contributed by atoms with Gasteiger partial charge >= 0.3 is 0 Å². The van der Waals surface area contributed by atoms with Gasteiger partial charge in [-0.05, 0) is 38.3 Å². The first-order chi connectivity index (χ1) is 11.6. The van der Waals surface area contributed by atoms with Crippen LogP contribution in [-0.2, 0) is 4.79 Å². The molecule has 5 nitrogen and oxygen atoms in total. The van der Waals surface area contributed by atoms with Crippen molar-refractivity contribution in [2.45, 2.75) is 38.6 Å². The van der Waals surface area contributed by atoms with Crippen molar-refractivity contribution in [3.63, 3.8) is 0 Å². The fourth-order valence-corrected chi connectivity index (χ4v) is 2.99. The highest BCUT2D eigenvalue weighted by molar-refractivity contribution is 5.88. The van der Waals surface area contributed by atoms with Gasteiger partial charge < -0.3 is 4.57 Å². The summed E-state index contributed by atoms with van der Waals surface area (Å²) in [5.41, 5.74) is 6.51. The van der Waals surface area contributed by atoms with E-state index in [9.17, 15) is 10.1 Å². The van der Waals surface area contributed by atoms with Crippen LogP contribution in [0.4, 0.5) is 0 Å². The van der Waals surface area contributed by atoms with E-state index in [4.69, 9.17) is 0 Å². The lowest BCUT2D eigenvalue weighted by atomic mass is 10.0. The predicted molar refractivity (Wildman–Crippen MR) is 92.7 cm³/mol. The molecule has 24 heavy (non-hydrogen) atoms. The molecular formula is C19H20N4O. The monoisotopic (exact) mass is 320 g/mol. The fraction of sp³-hybridized carbons (Fsp3) is 0.316. The van der Waals surface area contributed by atoms with Crippen molar-refractivity contribution >= 4 is 12.1 Å². The second kappa shape index (κ2) is 6.71. The van der Waals surface area contributed by atoms with Crippen molar-refractivity contribution in [3.05, 3.63) is 58.9 Å². The molecule has 1 aliphatic carbocycles. The maximum Gasteiger partial charge on any atom is 0.261 e. The molecule has 3 rings (SSSR count). The summed E-state index contributed by atoms with van der Waals surface area (Å²) in [6.45, 7) is 4.15. The summed E-state index contributed by atoms with van der Waals surface area (Å²) in [5, 5.41) is 13.3. The van der Waals surface area contributed by atoms with E-state index in [2.05, 4.69) is 35.0 Å². The zero-order valence-corrected chi connectivity index (χ0v) is 13.9. The third-order valence-electron chi connectivity index (χ3n) is 4.34. The molecule has 0 bridgehead atoms. The minimum Gasteiger partial charge on any atom is -0.345 e. The van der Waals surface area contributed by atoms with E-state index in [0.29, 0.717) is 11.6 Å². The molecule has 5 heteroatoms. The maximum absolute atomic E-state index is 12.2. The summed E-state index contributed by atoms with van der Waals surface area (Å²) in [6.07, 6.45) is 4.10. The topological polar surface area (TPSA) is 70.2 Å². The van der Waals surface area contributed by atoms with Crippen molar-refractivity contribution in [2.24, 2.45) is 5.10 Å². The van der Waals surface area contributed by atoms with E-state index in [-0.39, 0.29) is 0 Å². The van der Waals surface area contributed by atoms with Crippen LogP contribution in [0.3, 0.4) is 0 Å². The number of hydrogen-bond acceptors (Lipinski definition) is 3. The van der Waals surface area contributed by atoms with Gasteiger partial charge in [-0.3, -0.25) is 4.79 Å². The SMILES string of the molecule is Cc1cc(/C=N\NC(=O)[C@H](C#N)c2ccccc2)c(C)n1C1CC1. The Kier molecular flexibility index (Phi) is 4.48. The molecule has 2 aromatic rings. The minimum atomic E-state index is -0.859. The lowest BCUT2D eigenvalue weighted by Crippen LogP contribution is -2.24. The summed E-state index contributed by atoms with van der Waals surface area (Å²) in [7, 11) is 0. The number of carbonyl (C=O) groups excluding carboxylic acids is 1. The summed E-state index contributed by atoms with van der Waals surface area (Å²) in [6, 6.07) is 13.7. The first-order valence-corrected chi connectivity index (χ1v) is 8.07. The maximum atomic E-state index is 12.2. The molecule has 0 spiro atoms. The summed E-state index contributed by atoms with van der Waals surface area (Å²) < 4.78 is 2.32. The smallest absolute Gasteiger partial charge is 0.261 e. The quantitative estimate of drug-likeness (QED) is 0.679. The van der Waals surface area contributed by atoms with Gasteiger partial charge in [-0.15, -0.1) is 0 Å². The van der Waals surface area contributed by atoms with Gasteiger partial charge in [0.15, 0.2) is 5.92 Å². The Morgan fingerprint density at radius 1 is 1.38 bits per heavy atom. The highest BCUT2D eigenvalue weighted by Gasteiger charge is 2.26. The molecule has 0 unspecified atom stereocenters. The van der Waals surface area contributed by atoms with Crippen LogP contribution in [0.15, 0.2) is 41.5 Å². The summed E-state index contributed by atoms with van der Waals surface area (Å²) in [4.78, 5) is 12.2. The zero-order valence-electron chi connectivity index (χ0n) is 13.9. The Labute approximate surface area is 141 Å². The van der Waals surface area contributed by atoms with Gasteiger partial charge in [-0.2, -0.15) is 10.4 Å². The van der Waals surface area contributed by atoms with E-state index in [1.165, 1.54) is 18.5 Å². The van der Waals surface area contributed by atoms with Crippen LogP contribution >= 0.6 is 0 Å². The van der Waals surface area contributed by atoms with E-state index < -0.39 is 11.8 Å². The number of carbonyl (C=O) groups is 1. The van der Waals surface area contributed by atoms with Crippen LogP contribution < -0.4 is 5.43 Å². The van der Waals surface area contributed by atoms with Crippen molar-refractivity contribution in [3.8, 4) is 6.07 Å². The third kappa shape index (κ3) is 3.23. The first-order valence-electron chi connectivity index (χ1n) is 8.07. The normalized spacial score (nSPS) is 15.2. The van der Waals surface area contributed by atoms with Crippen LogP contribution in [-0.4, -0.2) is 16.7 Å². The van der Waals surface area contributed by atoms with Crippen LogP contribution in [0.2, 0.25) is 0 Å². The number of benzene rings is 1. The van der Waals surface area contributed by atoms with Crippen molar-refractivity contribution in [2.75, 3.05) is 0 Å². The molecule has 1 amide bonds. The minimum absolute atomic E-state index is 0.420. The molecule has 1 aromatic carbocycles. The van der Waals surface area contributed by atoms with Crippen molar-refractivity contribution < 1.29 is 4.79 Å². The second-order valence-corrected chi connectivity index (χ2v) is 6.13. The van der Waals surface area contributed by atoms with E-state index >= 15 is 0 Å². The molecule has 122 valence electrons. The van der Waals surface area contributed by atoms with Gasteiger partial charge in [-0.1, -0.05) is 30.3 Å². The van der Waals surface area contributed by atoms with Gasteiger partial charge in [0, 0.05) is 23.0 Å². The average molecular weight is 320 g/mol. The number of amides is 1. The molecule has 1 aliphatic rings. The fourth-order valence-electron chi connectivity index (χ4n) is 2.99. The summed E-state index contributed by atoms with van der Waals surface area (Å²) in [5.74, 6) is -1.28. The van der Waals surface area contributed by atoms with Crippen LogP contribution in [0, 0.1) is 25.2 Å². The van der Waals surface area contributed by atoms with E-state index in [1.807, 2.05) is 24.3 Å². The first kappa shape index (κ1) is 16.0. The molecular weight excluding hydrogens is 300 g/mol. The Morgan fingerprint density at radius 2 is 2.08 bits per heavy atom. The summed E-state index contributed by atoms with van der Waals surface area (Å²) >= 11 is 0. The molecule has 0 saturated heterocycles. The lowest BCUT2D eigenvalue weighted by Gasteiger charge is -2.07. The number of aryl methyl sites for hydroxylation is 1. The molecule has 1 atom stereocenters. The number of nitrogens with zero attached hydrogens (tertiary/aromatic N) is 3. The number of aromatic nitrogens is 1. The Balaban J connectivity index is 1.69. The molecule has 1 fully saturated rings. The molecule has 1 aromatic heterocycles. The third-order valence-corrected chi connectivity index (χ3v) is 4.34. The Morgan fingerprint density at radius 3 is 2.71 bits per heavy atom. The number of nitriles is 1. The zero-order chi connectivity index (χ0) is 17.1. The molecule has 1 N–H and O–H groups in total. The highest BCUT2D eigenvalue weighted by Crippen LogP contribution is 2.38. The van der Waals surface area contributed by atoms with Crippen LogP contribution in [0.5, 0.6) is 0 Å². The van der Waals surface area contributed by atoms with Gasteiger partial charge in [0.1, 0.15) is 0 Å². The molecule has 0 aliphatic heterocycles. The molecule has 1 heterocycles. The molecule has 0 radical (unpaired) electrons. The number of rotatable bonds is 5. The standard InChI is InChI=1S/C19H20N4O/c1-13-10-16(14(2)23(13)17-8-9-17)12-21-22-19(24)18(11-20)15-6-4-3-5-7-15/h3-7,10,12,17-18H,8-9H2,1-2H3,(H,22,24)/b21-12-/t18-/m1/s1. The largest absolute Gasteiger partial charge is 0.345 e. The van der Waals surface area contributed by atoms with Gasteiger partial charge in [0.2, 0.25) is 0 Å². The van der Waals surface area contributed by atoms with E-state index in [1.54, 1.807) is 18.3 Å². The average Bonchev–Trinajstić information content (AvgIpc) is 3.36. The molecule has 1 saturated carbocycles. The number of hydrogen-bond donors (Lipinski definition) is 1. The van der Waals surface area contributed by atoms with Gasteiger partial charge in [0.05, 0.1) is 12.3 Å². The van der Waals surface area contributed by atoms with Crippen LogP contribution in [0.1, 0.15) is 47.3 Å². The Hall–Kier alpha value is -2.87. The highest BCUT2D eigenvalue weighted by atomic mass is 16.2. The van der Waals surface area contributed by atoms with Crippen molar-refractivity contribution in [1.82, 2.24) is 9.99 Å². The van der Waals surface area contributed by atoms with Crippen LogP contribution in [0.25, 0.3) is 0 Å². The van der Waals surface area contributed by atoms with Gasteiger partial charge in [0.25, 0.3) is 5.91 Å². The Bertz CT molecular complexity index is 810. The number of nitrogens with one attached hydrogen (secondary N) is 1. The lowest BCUT2D eigenvalue weighted by molar-refractivity contribution is -0.121. The van der Waals surface area contributed by atoms with Gasteiger partial charge in [-0.25, -0.2) is 5.43 Å². The van der Waals surface area contributed by atoms with E-state index in [0.717, 1.165) is 11.3 Å².